The molecule has 1 heterocycles. The van der Waals surface area contributed by atoms with Crippen molar-refractivity contribution in [3.8, 4) is 0 Å². The molecule has 0 aromatic heterocycles. The SMILES string of the molecule is O=[N+]([O-])c1cc(Br)ccc1N1CCCC(CO)C1. The Labute approximate surface area is 114 Å². The van der Waals surface area contributed by atoms with Crippen LogP contribution in [0, 0.1) is 16.0 Å². The van der Waals surface area contributed by atoms with Gasteiger partial charge >= 0.3 is 0 Å². The maximum Gasteiger partial charge on any atom is 0.293 e. The monoisotopic (exact) mass is 314 g/mol. The van der Waals surface area contributed by atoms with Crippen molar-refractivity contribution in [2.24, 2.45) is 5.92 Å². The molecular weight excluding hydrogens is 300 g/mol. The molecule has 1 N–H and O–H groups in total. The second kappa shape index (κ2) is 5.67. The number of hydrogen-bond acceptors (Lipinski definition) is 4. The molecule has 6 heteroatoms. The van der Waals surface area contributed by atoms with Crippen LogP contribution >= 0.6 is 15.9 Å². The van der Waals surface area contributed by atoms with Gasteiger partial charge in [-0.25, -0.2) is 0 Å². The van der Waals surface area contributed by atoms with Crippen LogP contribution in [0.2, 0.25) is 0 Å². The predicted molar refractivity (Wildman–Crippen MR) is 72.8 cm³/mol. The van der Waals surface area contributed by atoms with Crippen molar-refractivity contribution in [3.05, 3.63) is 32.8 Å². The Bertz CT molecular complexity index is 453. The lowest BCUT2D eigenvalue weighted by atomic mass is 9.98. The van der Waals surface area contributed by atoms with Gasteiger partial charge in [-0.3, -0.25) is 10.1 Å². The third-order valence-corrected chi connectivity index (χ3v) is 3.75. The summed E-state index contributed by atoms with van der Waals surface area (Å²) in [5, 5.41) is 20.3. The Morgan fingerprint density at radius 2 is 2.33 bits per heavy atom. The lowest BCUT2D eigenvalue weighted by Crippen LogP contribution is -2.37. The molecule has 1 unspecified atom stereocenters. The summed E-state index contributed by atoms with van der Waals surface area (Å²) >= 11 is 3.25. The van der Waals surface area contributed by atoms with Crippen molar-refractivity contribution in [3.63, 3.8) is 0 Å². The first kappa shape index (κ1) is 13.3. The summed E-state index contributed by atoms with van der Waals surface area (Å²) in [5.41, 5.74) is 0.754. The van der Waals surface area contributed by atoms with Gasteiger partial charge in [0.05, 0.1) is 4.92 Å². The third-order valence-electron chi connectivity index (χ3n) is 3.25. The van der Waals surface area contributed by atoms with E-state index < -0.39 is 0 Å². The zero-order valence-electron chi connectivity index (χ0n) is 9.88. The van der Waals surface area contributed by atoms with E-state index in [4.69, 9.17) is 0 Å². The van der Waals surface area contributed by atoms with Crippen molar-refractivity contribution in [2.45, 2.75) is 12.8 Å². The molecule has 1 aliphatic rings. The summed E-state index contributed by atoms with van der Waals surface area (Å²) in [6, 6.07) is 5.10. The van der Waals surface area contributed by atoms with Gasteiger partial charge in [-0.2, -0.15) is 0 Å². The fourth-order valence-corrected chi connectivity index (χ4v) is 2.69. The van der Waals surface area contributed by atoms with Crippen LogP contribution in [-0.4, -0.2) is 29.7 Å². The smallest absolute Gasteiger partial charge is 0.293 e. The molecule has 0 saturated carbocycles. The highest BCUT2D eigenvalue weighted by molar-refractivity contribution is 9.10. The van der Waals surface area contributed by atoms with E-state index in [1.165, 1.54) is 6.07 Å². The van der Waals surface area contributed by atoms with E-state index in [2.05, 4.69) is 15.9 Å². The zero-order chi connectivity index (χ0) is 13.1. The first-order valence-electron chi connectivity index (χ1n) is 5.91. The minimum absolute atomic E-state index is 0.114. The summed E-state index contributed by atoms with van der Waals surface area (Å²) in [6.45, 7) is 1.62. The largest absolute Gasteiger partial charge is 0.396 e. The fraction of sp³-hybridized carbons (Fsp3) is 0.500. The van der Waals surface area contributed by atoms with Crippen LogP contribution in [0.5, 0.6) is 0 Å². The highest BCUT2D eigenvalue weighted by Crippen LogP contribution is 2.33. The van der Waals surface area contributed by atoms with Crippen molar-refractivity contribution < 1.29 is 10.0 Å². The quantitative estimate of drug-likeness (QED) is 0.688. The van der Waals surface area contributed by atoms with Gasteiger partial charge in [-0.1, -0.05) is 15.9 Å². The van der Waals surface area contributed by atoms with E-state index in [1.54, 1.807) is 6.07 Å². The summed E-state index contributed by atoms with van der Waals surface area (Å²) < 4.78 is 0.702. The highest BCUT2D eigenvalue weighted by atomic mass is 79.9. The van der Waals surface area contributed by atoms with Gasteiger partial charge in [0.1, 0.15) is 5.69 Å². The third kappa shape index (κ3) is 2.81. The van der Waals surface area contributed by atoms with Crippen molar-refractivity contribution in [2.75, 3.05) is 24.6 Å². The number of nitro benzene ring substituents is 1. The minimum atomic E-state index is -0.358. The lowest BCUT2D eigenvalue weighted by molar-refractivity contribution is -0.384. The molecule has 0 bridgehead atoms. The zero-order valence-corrected chi connectivity index (χ0v) is 11.5. The maximum absolute atomic E-state index is 11.1. The van der Waals surface area contributed by atoms with Crippen molar-refractivity contribution in [1.82, 2.24) is 0 Å². The van der Waals surface area contributed by atoms with Crippen LogP contribution < -0.4 is 4.90 Å². The van der Waals surface area contributed by atoms with E-state index in [0.717, 1.165) is 19.4 Å². The molecule has 1 aliphatic heterocycles. The summed E-state index contributed by atoms with van der Waals surface area (Å²) in [7, 11) is 0. The molecule has 98 valence electrons. The number of anilines is 1. The summed E-state index contributed by atoms with van der Waals surface area (Å²) in [6.07, 6.45) is 1.94. The van der Waals surface area contributed by atoms with Crippen LogP contribution in [0.25, 0.3) is 0 Å². The molecule has 1 aromatic rings. The number of aliphatic hydroxyl groups excluding tert-OH is 1. The van der Waals surface area contributed by atoms with E-state index in [-0.39, 0.29) is 23.1 Å². The van der Waals surface area contributed by atoms with Crippen LogP contribution in [-0.2, 0) is 0 Å². The number of halogens is 1. The van der Waals surface area contributed by atoms with Gasteiger partial charge in [0.15, 0.2) is 0 Å². The molecule has 0 radical (unpaired) electrons. The topological polar surface area (TPSA) is 66.6 Å². The Morgan fingerprint density at radius 3 is 3.00 bits per heavy atom. The minimum Gasteiger partial charge on any atom is -0.396 e. The van der Waals surface area contributed by atoms with Gasteiger partial charge in [-0.05, 0) is 30.9 Å². The van der Waals surface area contributed by atoms with E-state index in [0.29, 0.717) is 16.7 Å². The van der Waals surface area contributed by atoms with Crippen LogP contribution in [0.15, 0.2) is 22.7 Å². The van der Waals surface area contributed by atoms with E-state index >= 15 is 0 Å². The molecule has 1 saturated heterocycles. The van der Waals surface area contributed by atoms with Crippen LogP contribution in [0.4, 0.5) is 11.4 Å². The summed E-state index contributed by atoms with van der Waals surface area (Å²) in [5.74, 6) is 0.210. The Morgan fingerprint density at radius 1 is 1.56 bits per heavy atom. The van der Waals surface area contributed by atoms with E-state index in [1.807, 2.05) is 11.0 Å². The Balaban J connectivity index is 2.29. The molecule has 1 atom stereocenters. The van der Waals surface area contributed by atoms with E-state index in [9.17, 15) is 15.2 Å². The molecular formula is C12H15BrN2O3. The second-order valence-corrected chi connectivity index (χ2v) is 5.44. The van der Waals surface area contributed by atoms with Crippen molar-refractivity contribution >= 4 is 27.3 Å². The summed E-state index contributed by atoms with van der Waals surface area (Å²) in [4.78, 5) is 12.7. The van der Waals surface area contributed by atoms with Crippen LogP contribution in [0.1, 0.15) is 12.8 Å². The fourth-order valence-electron chi connectivity index (χ4n) is 2.34. The number of rotatable bonds is 3. The number of piperidine rings is 1. The highest BCUT2D eigenvalue weighted by Gasteiger charge is 2.25. The maximum atomic E-state index is 11.1. The number of hydrogen-bond donors (Lipinski definition) is 1. The van der Waals surface area contributed by atoms with Gasteiger partial charge in [-0.15, -0.1) is 0 Å². The average Bonchev–Trinajstić information content (AvgIpc) is 2.38. The van der Waals surface area contributed by atoms with Gasteiger partial charge in [0.25, 0.3) is 5.69 Å². The average molecular weight is 315 g/mol. The molecule has 0 amide bonds. The molecule has 1 aromatic carbocycles. The first-order valence-corrected chi connectivity index (χ1v) is 6.71. The van der Waals surface area contributed by atoms with Crippen molar-refractivity contribution in [1.29, 1.82) is 0 Å². The Hall–Kier alpha value is -1.14. The van der Waals surface area contributed by atoms with Gasteiger partial charge < -0.3 is 10.0 Å². The molecule has 5 nitrogen and oxygen atoms in total. The number of nitro groups is 1. The lowest BCUT2D eigenvalue weighted by Gasteiger charge is -2.33. The standard InChI is InChI=1S/C12H15BrN2O3/c13-10-3-4-11(12(6-10)15(17)18)14-5-1-2-9(7-14)8-16/h3-4,6,9,16H,1-2,5,7-8H2. The normalized spacial score (nSPS) is 19.9. The first-order chi connectivity index (χ1) is 8.61. The molecule has 0 aliphatic carbocycles. The van der Waals surface area contributed by atoms with Crippen LogP contribution in [0.3, 0.4) is 0 Å². The number of aliphatic hydroxyl groups is 1. The number of benzene rings is 1. The Kier molecular flexibility index (Phi) is 4.19. The molecule has 18 heavy (non-hydrogen) atoms. The molecule has 0 spiro atoms. The predicted octanol–water partition coefficient (Wildman–Crippen LogP) is 2.57. The molecule has 1 fully saturated rings. The molecule has 2 rings (SSSR count). The van der Waals surface area contributed by atoms with Gasteiger partial charge in [0.2, 0.25) is 0 Å². The van der Waals surface area contributed by atoms with Gasteiger partial charge in [0, 0.05) is 30.2 Å². The number of nitrogens with zero attached hydrogens (tertiary/aromatic N) is 2. The second-order valence-electron chi connectivity index (χ2n) is 4.53.